The smallest absolute Gasteiger partial charge is 0.134 e. The molecular formula is C10H16N4S. The Hall–Kier alpha value is -0.970. The third-order valence-electron chi connectivity index (χ3n) is 2.47. The van der Waals surface area contributed by atoms with E-state index in [9.17, 15) is 0 Å². The molecule has 15 heavy (non-hydrogen) atoms. The van der Waals surface area contributed by atoms with Gasteiger partial charge >= 0.3 is 0 Å². The normalized spacial score (nSPS) is 21.5. The first-order valence-electron chi connectivity index (χ1n) is 5.16. The van der Waals surface area contributed by atoms with Gasteiger partial charge in [-0.2, -0.15) is 11.8 Å². The number of hydrogen-bond donors (Lipinski definition) is 1. The first-order chi connectivity index (χ1) is 7.29. The zero-order chi connectivity index (χ0) is 10.7. The minimum atomic E-state index is 0.687. The molecule has 0 saturated carbocycles. The van der Waals surface area contributed by atoms with E-state index in [0.717, 1.165) is 24.7 Å². The van der Waals surface area contributed by atoms with E-state index in [2.05, 4.69) is 27.1 Å². The van der Waals surface area contributed by atoms with Crippen LogP contribution in [0, 0.1) is 0 Å². The third-order valence-corrected chi connectivity index (χ3v) is 3.61. The van der Waals surface area contributed by atoms with Gasteiger partial charge in [0.15, 0.2) is 0 Å². The average molecular weight is 224 g/mol. The largest absolute Gasteiger partial charge is 0.373 e. The quantitative estimate of drug-likeness (QED) is 0.823. The molecule has 2 rings (SSSR count). The number of thioether (sulfide) groups is 1. The number of anilines is 2. The fraction of sp³-hybridized carbons (Fsp3) is 0.600. The van der Waals surface area contributed by atoms with Gasteiger partial charge in [-0.15, -0.1) is 0 Å². The predicted octanol–water partition coefficient (Wildman–Crippen LogP) is 1.46. The van der Waals surface area contributed by atoms with Gasteiger partial charge in [0.25, 0.3) is 0 Å². The molecule has 0 spiro atoms. The Morgan fingerprint density at radius 2 is 2.40 bits per heavy atom. The molecule has 0 aromatic carbocycles. The van der Waals surface area contributed by atoms with Crippen LogP contribution < -0.4 is 10.2 Å². The maximum atomic E-state index is 4.31. The minimum Gasteiger partial charge on any atom is -0.373 e. The summed E-state index contributed by atoms with van der Waals surface area (Å²) in [4.78, 5) is 10.8. The molecule has 1 N–H and O–H groups in total. The second-order valence-corrected chi connectivity index (χ2v) is 5.19. The van der Waals surface area contributed by atoms with Gasteiger partial charge in [-0.1, -0.05) is 6.92 Å². The van der Waals surface area contributed by atoms with Crippen LogP contribution in [0.1, 0.15) is 6.92 Å². The van der Waals surface area contributed by atoms with Crippen LogP contribution in [0.5, 0.6) is 0 Å². The van der Waals surface area contributed by atoms with Gasteiger partial charge in [-0.05, 0) is 0 Å². The van der Waals surface area contributed by atoms with Crippen LogP contribution in [0.4, 0.5) is 11.6 Å². The van der Waals surface area contributed by atoms with Crippen LogP contribution in [0.15, 0.2) is 12.4 Å². The van der Waals surface area contributed by atoms with Gasteiger partial charge in [0.05, 0.1) is 0 Å². The van der Waals surface area contributed by atoms with Crippen molar-refractivity contribution in [3.8, 4) is 0 Å². The maximum absolute atomic E-state index is 4.31. The lowest BCUT2D eigenvalue weighted by atomic mass is 10.3. The highest BCUT2D eigenvalue weighted by molar-refractivity contribution is 8.00. The molecule has 1 saturated heterocycles. The Morgan fingerprint density at radius 3 is 3.13 bits per heavy atom. The van der Waals surface area contributed by atoms with Crippen LogP contribution in [0.3, 0.4) is 0 Å². The molecule has 1 aliphatic heterocycles. The second-order valence-electron chi connectivity index (χ2n) is 3.64. The lowest BCUT2D eigenvalue weighted by molar-refractivity contribution is 0.768. The number of rotatable bonds is 2. The molecule has 1 atom stereocenters. The Bertz CT molecular complexity index is 331. The Kier molecular flexibility index (Phi) is 3.30. The molecule has 1 aromatic rings. The Labute approximate surface area is 94.5 Å². The summed E-state index contributed by atoms with van der Waals surface area (Å²) in [7, 11) is 1.88. The molecule has 0 amide bonds. The molecule has 0 bridgehead atoms. The van der Waals surface area contributed by atoms with Crippen LogP contribution in [-0.2, 0) is 0 Å². The van der Waals surface area contributed by atoms with Crippen LogP contribution in [0.2, 0.25) is 0 Å². The SMILES string of the molecule is CNc1cc(N2CCSC(C)C2)ncn1. The van der Waals surface area contributed by atoms with Crippen LogP contribution in [0.25, 0.3) is 0 Å². The van der Waals surface area contributed by atoms with Crippen LogP contribution >= 0.6 is 11.8 Å². The molecular weight excluding hydrogens is 208 g/mol. The van der Waals surface area contributed by atoms with Crippen molar-refractivity contribution in [3.63, 3.8) is 0 Å². The molecule has 4 nitrogen and oxygen atoms in total. The summed E-state index contributed by atoms with van der Waals surface area (Å²) in [6.45, 7) is 4.41. The zero-order valence-electron chi connectivity index (χ0n) is 9.10. The van der Waals surface area contributed by atoms with Gasteiger partial charge in [0.1, 0.15) is 18.0 Å². The zero-order valence-corrected chi connectivity index (χ0v) is 9.92. The monoisotopic (exact) mass is 224 g/mol. The molecule has 0 radical (unpaired) electrons. The Balaban J connectivity index is 2.13. The van der Waals surface area contributed by atoms with Gasteiger partial charge < -0.3 is 10.2 Å². The second kappa shape index (κ2) is 4.70. The number of hydrogen-bond acceptors (Lipinski definition) is 5. The van der Waals surface area contributed by atoms with E-state index in [0.29, 0.717) is 5.25 Å². The first-order valence-corrected chi connectivity index (χ1v) is 6.21. The third kappa shape index (κ3) is 2.53. The van der Waals surface area contributed by atoms with E-state index in [1.54, 1.807) is 6.33 Å². The van der Waals surface area contributed by atoms with E-state index in [1.807, 2.05) is 24.9 Å². The van der Waals surface area contributed by atoms with E-state index < -0.39 is 0 Å². The van der Waals surface area contributed by atoms with Crippen molar-refractivity contribution in [3.05, 3.63) is 12.4 Å². The standard InChI is InChI=1S/C10H16N4S/c1-8-6-14(3-4-15-8)10-5-9(11-2)12-7-13-10/h5,7-8H,3-4,6H2,1-2H3,(H,11,12,13). The molecule has 1 aliphatic rings. The van der Waals surface area contributed by atoms with Crippen molar-refractivity contribution in [2.45, 2.75) is 12.2 Å². The highest BCUT2D eigenvalue weighted by Crippen LogP contribution is 2.22. The summed E-state index contributed by atoms with van der Waals surface area (Å²) in [5.74, 6) is 3.09. The number of nitrogens with zero attached hydrogens (tertiary/aromatic N) is 3. The molecule has 2 heterocycles. The number of aromatic nitrogens is 2. The van der Waals surface area contributed by atoms with Gasteiger partial charge in [-0.3, -0.25) is 0 Å². The van der Waals surface area contributed by atoms with Gasteiger partial charge in [0.2, 0.25) is 0 Å². The maximum Gasteiger partial charge on any atom is 0.134 e. The fourth-order valence-corrected chi connectivity index (χ4v) is 2.70. The summed E-state index contributed by atoms with van der Waals surface area (Å²) < 4.78 is 0. The highest BCUT2D eigenvalue weighted by Gasteiger charge is 2.17. The van der Waals surface area contributed by atoms with Crippen molar-refractivity contribution in [2.75, 3.05) is 36.1 Å². The summed E-state index contributed by atoms with van der Waals surface area (Å²) in [5.41, 5.74) is 0. The van der Waals surface area contributed by atoms with Crippen molar-refractivity contribution in [2.24, 2.45) is 0 Å². The summed E-state index contributed by atoms with van der Waals surface area (Å²) >= 11 is 2.03. The lowest BCUT2D eigenvalue weighted by Gasteiger charge is -2.31. The van der Waals surface area contributed by atoms with Gasteiger partial charge in [-0.25, -0.2) is 9.97 Å². The predicted molar refractivity (Wildman–Crippen MR) is 65.7 cm³/mol. The molecule has 1 unspecified atom stereocenters. The molecule has 1 aromatic heterocycles. The van der Waals surface area contributed by atoms with Crippen molar-refractivity contribution in [1.82, 2.24) is 9.97 Å². The molecule has 0 aliphatic carbocycles. The van der Waals surface area contributed by atoms with E-state index in [-0.39, 0.29) is 0 Å². The molecule has 82 valence electrons. The minimum absolute atomic E-state index is 0.687. The number of nitrogens with one attached hydrogen (secondary N) is 1. The lowest BCUT2D eigenvalue weighted by Crippen LogP contribution is -2.37. The van der Waals surface area contributed by atoms with Gasteiger partial charge in [0, 0.05) is 37.2 Å². The van der Waals surface area contributed by atoms with Crippen molar-refractivity contribution >= 4 is 23.4 Å². The van der Waals surface area contributed by atoms with E-state index in [4.69, 9.17) is 0 Å². The van der Waals surface area contributed by atoms with Crippen molar-refractivity contribution < 1.29 is 0 Å². The Morgan fingerprint density at radius 1 is 1.53 bits per heavy atom. The highest BCUT2D eigenvalue weighted by atomic mass is 32.2. The molecule has 1 fully saturated rings. The first kappa shape index (κ1) is 10.5. The van der Waals surface area contributed by atoms with E-state index in [1.165, 1.54) is 5.75 Å². The van der Waals surface area contributed by atoms with Crippen LogP contribution in [-0.4, -0.2) is 41.1 Å². The van der Waals surface area contributed by atoms with E-state index >= 15 is 0 Å². The topological polar surface area (TPSA) is 41.0 Å². The molecule has 5 heteroatoms. The van der Waals surface area contributed by atoms with Crippen molar-refractivity contribution in [1.29, 1.82) is 0 Å². The summed E-state index contributed by atoms with van der Waals surface area (Å²) in [6.07, 6.45) is 1.62. The fourth-order valence-electron chi connectivity index (χ4n) is 1.68. The summed E-state index contributed by atoms with van der Waals surface area (Å²) in [6, 6.07) is 2.00. The average Bonchev–Trinajstić information content (AvgIpc) is 2.29. The summed E-state index contributed by atoms with van der Waals surface area (Å²) in [5, 5.41) is 3.72.